The van der Waals surface area contributed by atoms with Crippen LogP contribution < -0.4 is 5.32 Å². The molecule has 0 bridgehead atoms. The predicted octanol–water partition coefficient (Wildman–Crippen LogP) is 4.15. The van der Waals surface area contributed by atoms with Gasteiger partial charge in [-0.15, -0.1) is 10.2 Å². The lowest BCUT2D eigenvalue weighted by molar-refractivity contribution is -0.120. The molecule has 33 heavy (non-hydrogen) atoms. The second kappa shape index (κ2) is 12.0. The Bertz CT molecular complexity index is 1000. The molecule has 0 saturated carbocycles. The van der Waals surface area contributed by atoms with E-state index in [1.807, 2.05) is 31.2 Å². The van der Waals surface area contributed by atoms with Gasteiger partial charge in [-0.05, 0) is 50.4 Å². The van der Waals surface area contributed by atoms with Gasteiger partial charge in [-0.3, -0.25) is 9.69 Å². The first-order valence-corrected chi connectivity index (χ1v) is 12.7. The first-order chi connectivity index (χ1) is 16.2. The van der Waals surface area contributed by atoms with E-state index in [4.69, 9.17) is 0 Å². The lowest BCUT2D eigenvalue weighted by atomic mass is 10.1. The van der Waals surface area contributed by atoms with Crippen LogP contribution in [0.4, 0.5) is 0 Å². The number of thioether (sulfide) groups is 1. The summed E-state index contributed by atoms with van der Waals surface area (Å²) in [7, 11) is 0. The van der Waals surface area contributed by atoms with Crippen molar-refractivity contribution < 1.29 is 4.79 Å². The van der Waals surface area contributed by atoms with Crippen LogP contribution in [-0.2, 0) is 24.3 Å². The summed E-state index contributed by atoms with van der Waals surface area (Å²) in [6.45, 7) is 6.31. The van der Waals surface area contributed by atoms with E-state index in [1.165, 1.54) is 42.2 Å². The molecule has 1 fully saturated rings. The molecule has 0 aliphatic carbocycles. The maximum absolute atomic E-state index is 12.7. The van der Waals surface area contributed by atoms with Crippen LogP contribution in [0.15, 0.2) is 65.8 Å². The molecule has 2 aromatic carbocycles. The standard InChI is InChI=1S/C26H33N5OS/c1-21(25(32)27-16-15-22-11-5-2-6-12-22)33-26-29-28-24(20-30-17-9-4-10-18-30)31(26)19-23-13-7-3-8-14-23/h2-3,5-8,11-14,21H,4,9-10,15-20H2,1H3,(H,27,32). The van der Waals surface area contributed by atoms with E-state index in [-0.39, 0.29) is 11.2 Å². The molecule has 1 atom stereocenters. The molecule has 4 rings (SSSR count). The summed E-state index contributed by atoms with van der Waals surface area (Å²) in [5, 5.41) is 12.7. The molecule has 1 saturated heterocycles. The van der Waals surface area contributed by atoms with E-state index in [1.54, 1.807) is 0 Å². The van der Waals surface area contributed by atoms with E-state index in [0.717, 1.165) is 37.0 Å². The number of carbonyl (C=O) groups excluding carboxylic acids is 1. The van der Waals surface area contributed by atoms with Crippen molar-refractivity contribution in [2.45, 2.75) is 56.1 Å². The zero-order valence-corrected chi connectivity index (χ0v) is 20.1. The largest absolute Gasteiger partial charge is 0.355 e. The quantitative estimate of drug-likeness (QED) is 0.458. The lowest BCUT2D eigenvalue weighted by Crippen LogP contribution is -2.32. The Morgan fingerprint density at radius 1 is 0.939 bits per heavy atom. The van der Waals surface area contributed by atoms with Crippen molar-refractivity contribution in [2.75, 3.05) is 19.6 Å². The Kier molecular flexibility index (Phi) is 8.55. The molecular formula is C26H33N5OS. The number of likely N-dealkylation sites (tertiary alicyclic amines) is 1. The number of carbonyl (C=O) groups is 1. The summed E-state index contributed by atoms with van der Waals surface area (Å²) in [6, 6.07) is 20.6. The Hall–Kier alpha value is -2.64. The first-order valence-electron chi connectivity index (χ1n) is 11.9. The first kappa shape index (κ1) is 23.5. The molecule has 2 heterocycles. The lowest BCUT2D eigenvalue weighted by Gasteiger charge is -2.26. The maximum Gasteiger partial charge on any atom is 0.233 e. The minimum Gasteiger partial charge on any atom is -0.355 e. The number of nitrogens with one attached hydrogen (secondary N) is 1. The molecule has 1 aromatic heterocycles. The number of nitrogens with zero attached hydrogens (tertiary/aromatic N) is 4. The number of benzene rings is 2. The van der Waals surface area contributed by atoms with Crippen LogP contribution in [0.25, 0.3) is 0 Å². The summed E-state index contributed by atoms with van der Waals surface area (Å²) in [5.41, 5.74) is 2.43. The maximum atomic E-state index is 12.7. The van der Waals surface area contributed by atoms with Gasteiger partial charge in [0.05, 0.1) is 18.3 Å². The van der Waals surface area contributed by atoms with Crippen molar-refractivity contribution >= 4 is 17.7 Å². The molecule has 1 amide bonds. The smallest absolute Gasteiger partial charge is 0.233 e. The predicted molar refractivity (Wildman–Crippen MR) is 133 cm³/mol. The highest BCUT2D eigenvalue weighted by Gasteiger charge is 2.22. The SMILES string of the molecule is CC(Sc1nnc(CN2CCCCC2)n1Cc1ccccc1)C(=O)NCCc1ccccc1. The van der Waals surface area contributed by atoms with Crippen LogP contribution in [0, 0.1) is 0 Å². The van der Waals surface area contributed by atoms with Gasteiger partial charge >= 0.3 is 0 Å². The Labute approximate surface area is 200 Å². The van der Waals surface area contributed by atoms with Crippen molar-refractivity contribution in [3.05, 3.63) is 77.6 Å². The Morgan fingerprint density at radius 2 is 1.61 bits per heavy atom. The third-order valence-electron chi connectivity index (χ3n) is 6.00. The normalized spacial score (nSPS) is 15.3. The highest BCUT2D eigenvalue weighted by molar-refractivity contribution is 8.00. The fraction of sp³-hybridized carbons (Fsp3) is 0.423. The molecule has 174 valence electrons. The van der Waals surface area contributed by atoms with Crippen LogP contribution in [-0.4, -0.2) is 50.5 Å². The van der Waals surface area contributed by atoms with E-state index in [2.05, 4.69) is 61.4 Å². The van der Waals surface area contributed by atoms with Crippen LogP contribution in [0.1, 0.15) is 43.1 Å². The topological polar surface area (TPSA) is 63.1 Å². The fourth-order valence-corrected chi connectivity index (χ4v) is 4.99. The van der Waals surface area contributed by atoms with E-state index in [0.29, 0.717) is 13.1 Å². The van der Waals surface area contributed by atoms with E-state index >= 15 is 0 Å². The second-order valence-corrected chi connectivity index (χ2v) is 9.90. The number of piperidine rings is 1. The highest BCUT2D eigenvalue weighted by atomic mass is 32.2. The minimum absolute atomic E-state index is 0.0303. The Morgan fingerprint density at radius 3 is 2.30 bits per heavy atom. The van der Waals surface area contributed by atoms with Crippen LogP contribution in [0.5, 0.6) is 0 Å². The molecule has 0 radical (unpaired) electrons. The molecule has 1 N–H and O–H groups in total. The third kappa shape index (κ3) is 6.92. The summed E-state index contributed by atoms with van der Waals surface area (Å²) < 4.78 is 2.18. The van der Waals surface area contributed by atoms with Gasteiger partial charge in [-0.1, -0.05) is 78.8 Å². The monoisotopic (exact) mass is 463 g/mol. The number of rotatable bonds is 10. The van der Waals surface area contributed by atoms with Crippen LogP contribution in [0.3, 0.4) is 0 Å². The molecule has 1 aliphatic rings. The molecule has 1 aliphatic heterocycles. The van der Waals surface area contributed by atoms with Crippen molar-refractivity contribution in [3.8, 4) is 0 Å². The molecule has 1 unspecified atom stereocenters. The van der Waals surface area contributed by atoms with Gasteiger partial charge in [0, 0.05) is 6.54 Å². The van der Waals surface area contributed by atoms with Crippen molar-refractivity contribution in [1.29, 1.82) is 0 Å². The summed E-state index contributed by atoms with van der Waals surface area (Å²) in [5.74, 6) is 1.00. The van der Waals surface area contributed by atoms with Gasteiger partial charge in [0.1, 0.15) is 5.82 Å². The zero-order chi connectivity index (χ0) is 22.9. The Balaban J connectivity index is 1.41. The summed E-state index contributed by atoms with van der Waals surface area (Å²) >= 11 is 1.49. The highest BCUT2D eigenvalue weighted by Crippen LogP contribution is 2.24. The average molecular weight is 464 g/mol. The molecule has 0 spiro atoms. The number of amides is 1. The molecule has 7 heteroatoms. The number of hydrogen-bond acceptors (Lipinski definition) is 5. The van der Waals surface area contributed by atoms with Crippen molar-refractivity contribution in [1.82, 2.24) is 25.0 Å². The van der Waals surface area contributed by atoms with Crippen molar-refractivity contribution in [3.63, 3.8) is 0 Å². The molecule has 6 nitrogen and oxygen atoms in total. The van der Waals surface area contributed by atoms with Gasteiger partial charge < -0.3 is 9.88 Å². The zero-order valence-electron chi connectivity index (χ0n) is 19.3. The summed E-state index contributed by atoms with van der Waals surface area (Å²) in [4.78, 5) is 15.2. The van der Waals surface area contributed by atoms with Gasteiger partial charge in [-0.2, -0.15) is 0 Å². The van der Waals surface area contributed by atoms with Crippen LogP contribution >= 0.6 is 11.8 Å². The van der Waals surface area contributed by atoms with E-state index in [9.17, 15) is 4.79 Å². The van der Waals surface area contributed by atoms with Gasteiger partial charge in [0.25, 0.3) is 0 Å². The molecule has 3 aromatic rings. The van der Waals surface area contributed by atoms with E-state index < -0.39 is 0 Å². The summed E-state index contributed by atoms with van der Waals surface area (Å²) in [6.07, 6.45) is 4.63. The average Bonchev–Trinajstić information content (AvgIpc) is 3.21. The van der Waals surface area contributed by atoms with Gasteiger partial charge in [-0.25, -0.2) is 0 Å². The number of aromatic nitrogens is 3. The number of hydrogen-bond donors (Lipinski definition) is 1. The fourth-order valence-electron chi connectivity index (χ4n) is 4.10. The van der Waals surface area contributed by atoms with Crippen molar-refractivity contribution in [2.24, 2.45) is 0 Å². The van der Waals surface area contributed by atoms with Gasteiger partial charge in [0.15, 0.2) is 5.16 Å². The van der Waals surface area contributed by atoms with Crippen LogP contribution in [0.2, 0.25) is 0 Å². The second-order valence-electron chi connectivity index (χ2n) is 8.59. The van der Waals surface area contributed by atoms with Gasteiger partial charge in [0.2, 0.25) is 5.91 Å². The third-order valence-corrected chi connectivity index (χ3v) is 7.08. The molecular weight excluding hydrogens is 430 g/mol. The minimum atomic E-state index is -0.248.